The van der Waals surface area contributed by atoms with Crippen LogP contribution in [0.25, 0.3) is 0 Å². The number of rotatable bonds is 3. The third kappa shape index (κ3) is 2.28. The summed E-state index contributed by atoms with van der Waals surface area (Å²) in [6, 6.07) is 5.61. The molecule has 1 aromatic rings. The summed E-state index contributed by atoms with van der Waals surface area (Å²) in [6.45, 7) is 4.31. The second-order valence-electron chi connectivity index (χ2n) is 4.81. The average Bonchev–Trinajstić information content (AvgIpc) is 2.76. The third-order valence-corrected chi connectivity index (χ3v) is 3.67. The van der Waals surface area contributed by atoms with Crippen LogP contribution in [0.5, 0.6) is 0 Å². The van der Waals surface area contributed by atoms with Crippen molar-refractivity contribution in [3.63, 3.8) is 0 Å². The topological polar surface area (TPSA) is 55.2 Å². The first kappa shape index (κ1) is 11.6. The number of nitrogens with one attached hydrogen (secondary N) is 1. The molecule has 5 heteroatoms. The van der Waals surface area contributed by atoms with Crippen LogP contribution in [0.15, 0.2) is 18.2 Å². The van der Waals surface area contributed by atoms with Crippen LogP contribution in [0.3, 0.4) is 0 Å². The lowest BCUT2D eigenvalue weighted by Gasteiger charge is -2.08. The van der Waals surface area contributed by atoms with Gasteiger partial charge >= 0.3 is 0 Å². The Kier molecular flexibility index (Phi) is 2.81. The van der Waals surface area contributed by atoms with Crippen molar-refractivity contribution in [2.24, 2.45) is 5.41 Å². The fraction of sp³-hybridized carbons (Fsp3) is 0.455. The van der Waals surface area contributed by atoms with Crippen LogP contribution in [0, 0.1) is 19.1 Å². The molecule has 0 aliphatic heterocycles. The summed E-state index contributed by atoms with van der Waals surface area (Å²) in [5, 5.41) is 14.1. The van der Waals surface area contributed by atoms with Crippen molar-refractivity contribution in [3.8, 4) is 0 Å². The lowest BCUT2D eigenvalue weighted by molar-refractivity contribution is -0.384. The van der Waals surface area contributed by atoms with E-state index in [0.29, 0.717) is 11.7 Å². The van der Waals surface area contributed by atoms with E-state index in [1.54, 1.807) is 12.1 Å². The predicted octanol–water partition coefficient (Wildman–Crippen LogP) is 3.41. The van der Waals surface area contributed by atoms with Gasteiger partial charge in [-0.3, -0.25) is 10.1 Å². The standard InChI is InChI=1S/C11H13IN2O2/c1-11(2)6-10(11)13-8-4-3-7(12)5-9(8)14(15)16/h3-5,10,13H,6H2,1-2H3. The number of hydrogen-bond acceptors (Lipinski definition) is 3. The SMILES string of the molecule is CC1(C)CC1Nc1ccc(I)cc1[N+](=O)[O-]. The van der Waals surface area contributed by atoms with E-state index in [9.17, 15) is 10.1 Å². The first-order valence-electron chi connectivity index (χ1n) is 5.10. The Bertz CT molecular complexity index is 446. The second kappa shape index (κ2) is 3.87. The molecule has 0 bridgehead atoms. The van der Waals surface area contributed by atoms with Crippen molar-refractivity contribution >= 4 is 34.0 Å². The Morgan fingerprint density at radius 3 is 2.69 bits per heavy atom. The summed E-state index contributed by atoms with van der Waals surface area (Å²) in [7, 11) is 0. The molecule has 2 rings (SSSR count). The summed E-state index contributed by atoms with van der Waals surface area (Å²) in [6.07, 6.45) is 1.07. The lowest BCUT2D eigenvalue weighted by atomic mass is 10.2. The molecule has 1 unspecified atom stereocenters. The lowest BCUT2D eigenvalue weighted by Crippen LogP contribution is -2.10. The van der Waals surface area contributed by atoms with Gasteiger partial charge in [0.2, 0.25) is 0 Å². The Balaban J connectivity index is 2.24. The molecule has 1 aliphatic rings. The summed E-state index contributed by atoms with van der Waals surface area (Å²) in [4.78, 5) is 10.6. The van der Waals surface area contributed by atoms with Crippen molar-refractivity contribution in [1.82, 2.24) is 0 Å². The molecule has 86 valence electrons. The summed E-state index contributed by atoms with van der Waals surface area (Å²) < 4.78 is 0.880. The number of nitro groups is 1. The van der Waals surface area contributed by atoms with E-state index >= 15 is 0 Å². The molecule has 0 radical (unpaired) electrons. The van der Waals surface area contributed by atoms with Crippen molar-refractivity contribution < 1.29 is 4.92 Å². The molecule has 0 heterocycles. The van der Waals surface area contributed by atoms with Crippen LogP contribution in [-0.4, -0.2) is 11.0 Å². The summed E-state index contributed by atoms with van der Waals surface area (Å²) >= 11 is 2.08. The van der Waals surface area contributed by atoms with Gasteiger partial charge in [-0.25, -0.2) is 0 Å². The van der Waals surface area contributed by atoms with Gasteiger partial charge in [-0.15, -0.1) is 0 Å². The molecule has 1 fully saturated rings. The molecule has 1 aromatic carbocycles. The first-order valence-corrected chi connectivity index (χ1v) is 6.18. The maximum atomic E-state index is 10.9. The van der Waals surface area contributed by atoms with Crippen molar-refractivity contribution in [3.05, 3.63) is 31.9 Å². The third-order valence-electron chi connectivity index (χ3n) is 3.00. The molecule has 4 nitrogen and oxygen atoms in total. The van der Waals surface area contributed by atoms with E-state index in [2.05, 4.69) is 41.8 Å². The van der Waals surface area contributed by atoms with E-state index in [1.807, 2.05) is 6.07 Å². The molecule has 1 N–H and O–H groups in total. The van der Waals surface area contributed by atoms with Gasteiger partial charge in [-0.2, -0.15) is 0 Å². The Labute approximate surface area is 108 Å². The molecule has 0 spiro atoms. The van der Waals surface area contributed by atoms with Crippen LogP contribution < -0.4 is 5.32 Å². The van der Waals surface area contributed by atoms with Crippen molar-refractivity contribution in [2.75, 3.05) is 5.32 Å². The molecule has 0 amide bonds. The van der Waals surface area contributed by atoms with Crippen LogP contribution >= 0.6 is 22.6 Å². The zero-order valence-electron chi connectivity index (χ0n) is 9.16. The molecule has 0 aromatic heterocycles. The van der Waals surface area contributed by atoms with Crippen molar-refractivity contribution in [2.45, 2.75) is 26.3 Å². The van der Waals surface area contributed by atoms with Crippen LogP contribution in [0.1, 0.15) is 20.3 Å². The fourth-order valence-corrected chi connectivity index (χ4v) is 2.15. The molecule has 1 saturated carbocycles. The Hall–Kier alpha value is -0.850. The van der Waals surface area contributed by atoms with Crippen LogP contribution in [0.4, 0.5) is 11.4 Å². The highest BCUT2D eigenvalue weighted by Gasteiger charge is 2.46. The predicted molar refractivity (Wildman–Crippen MR) is 71.6 cm³/mol. The largest absolute Gasteiger partial charge is 0.376 e. The maximum Gasteiger partial charge on any atom is 0.293 e. The average molecular weight is 332 g/mol. The summed E-state index contributed by atoms with van der Waals surface area (Å²) in [5.74, 6) is 0. The van der Waals surface area contributed by atoms with E-state index in [0.717, 1.165) is 9.99 Å². The van der Waals surface area contributed by atoms with Gasteiger partial charge in [0.25, 0.3) is 5.69 Å². The van der Waals surface area contributed by atoms with E-state index < -0.39 is 0 Å². The van der Waals surface area contributed by atoms with Gasteiger partial charge < -0.3 is 5.32 Å². The highest BCUT2D eigenvalue weighted by molar-refractivity contribution is 14.1. The van der Waals surface area contributed by atoms with Gasteiger partial charge in [0.1, 0.15) is 5.69 Å². The minimum Gasteiger partial charge on any atom is -0.376 e. The smallest absolute Gasteiger partial charge is 0.293 e. The zero-order chi connectivity index (χ0) is 11.9. The fourth-order valence-electron chi connectivity index (χ4n) is 1.68. The monoisotopic (exact) mass is 332 g/mol. The zero-order valence-corrected chi connectivity index (χ0v) is 11.3. The molecular formula is C11H13IN2O2. The molecular weight excluding hydrogens is 319 g/mol. The van der Waals surface area contributed by atoms with E-state index in [-0.39, 0.29) is 16.0 Å². The summed E-state index contributed by atoms with van der Waals surface area (Å²) in [5.41, 5.74) is 1.05. The van der Waals surface area contributed by atoms with E-state index in [4.69, 9.17) is 0 Å². The molecule has 16 heavy (non-hydrogen) atoms. The van der Waals surface area contributed by atoms with Gasteiger partial charge in [0, 0.05) is 15.7 Å². The number of nitrogens with zero attached hydrogens (tertiary/aromatic N) is 1. The minimum absolute atomic E-state index is 0.162. The van der Waals surface area contributed by atoms with Crippen LogP contribution in [-0.2, 0) is 0 Å². The highest BCUT2D eigenvalue weighted by atomic mass is 127. The molecule has 1 aliphatic carbocycles. The molecule has 0 saturated heterocycles. The number of hydrogen-bond donors (Lipinski definition) is 1. The maximum absolute atomic E-state index is 10.9. The number of halogens is 1. The normalized spacial score (nSPS) is 21.6. The van der Waals surface area contributed by atoms with Gasteiger partial charge in [0.15, 0.2) is 0 Å². The molecule has 1 atom stereocenters. The minimum atomic E-state index is -0.333. The number of anilines is 1. The first-order chi connectivity index (χ1) is 7.40. The second-order valence-corrected chi connectivity index (χ2v) is 6.05. The van der Waals surface area contributed by atoms with E-state index in [1.165, 1.54) is 0 Å². The van der Waals surface area contributed by atoms with Gasteiger partial charge in [-0.1, -0.05) is 13.8 Å². The Morgan fingerprint density at radius 2 is 2.19 bits per heavy atom. The quantitative estimate of drug-likeness (QED) is 0.524. The number of nitro benzene ring substituents is 1. The van der Waals surface area contributed by atoms with Gasteiger partial charge in [-0.05, 0) is 46.6 Å². The highest BCUT2D eigenvalue weighted by Crippen LogP contribution is 2.47. The van der Waals surface area contributed by atoms with Crippen molar-refractivity contribution in [1.29, 1.82) is 0 Å². The Morgan fingerprint density at radius 1 is 1.56 bits per heavy atom. The number of benzene rings is 1. The van der Waals surface area contributed by atoms with Gasteiger partial charge in [0.05, 0.1) is 4.92 Å². The van der Waals surface area contributed by atoms with Crippen LogP contribution in [0.2, 0.25) is 0 Å².